The number of aromatic hydroxyl groups is 1. The summed E-state index contributed by atoms with van der Waals surface area (Å²) in [5.74, 6) is 0.260. The van der Waals surface area contributed by atoms with Gasteiger partial charge >= 0.3 is 0 Å². The number of nitrogens with zero attached hydrogens (tertiary/aromatic N) is 2. The number of hydrogen-bond donors (Lipinski definition) is 1. The molecule has 3 rings (SSSR count). The molecular formula is C19H13IN2O3S. The van der Waals surface area contributed by atoms with Gasteiger partial charge in [-0.05, 0) is 82.8 Å². The molecule has 0 aliphatic rings. The lowest BCUT2D eigenvalue weighted by molar-refractivity contribution is -0.384. The Kier molecular flexibility index (Phi) is 5.89. The van der Waals surface area contributed by atoms with E-state index in [1.54, 1.807) is 30.5 Å². The second kappa shape index (κ2) is 8.33. The quantitative estimate of drug-likeness (QED) is 0.218. The molecule has 0 heterocycles. The van der Waals surface area contributed by atoms with Crippen molar-refractivity contribution in [3.63, 3.8) is 0 Å². The Bertz CT molecular complexity index is 958. The minimum atomic E-state index is -0.406. The summed E-state index contributed by atoms with van der Waals surface area (Å²) >= 11 is 3.60. The van der Waals surface area contributed by atoms with Gasteiger partial charge in [-0.1, -0.05) is 11.8 Å². The predicted octanol–water partition coefficient (Wildman–Crippen LogP) is 5.81. The molecule has 0 saturated carbocycles. The minimum Gasteiger partial charge on any atom is -0.507 e. The van der Waals surface area contributed by atoms with Gasteiger partial charge in [0.25, 0.3) is 5.69 Å². The maximum Gasteiger partial charge on any atom is 0.269 e. The molecule has 3 aromatic carbocycles. The van der Waals surface area contributed by atoms with Crippen LogP contribution < -0.4 is 0 Å². The van der Waals surface area contributed by atoms with Crippen molar-refractivity contribution < 1.29 is 10.0 Å². The molecule has 5 nitrogen and oxygen atoms in total. The van der Waals surface area contributed by atoms with Crippen LogP contribution in [0.15, 0.2) is 81.5 Å². The molecule has 0 aliphatic carbocycles. The fraction of sp³-hybridized carbons (Fsp3) is 0. The van der Waals surface area contributed by atoms with E-state index in [9.17, 15) is 15.2 Å². The van der Waals surface area contributed by atoms with Crippen molar-refractivity contribution >= 4 is 51.9 Å². The number of nitro groups is 1. The lowest BCUT2D eigenvalue weighted by Gasteiger charge is -2.02. The lowest BCUT2D eigenvalue weighted by Crippen LogP contribution is -1.86. The first-order valence-corrected chi connectivity index (χ1v) is 9.46. The number of aliphatic imine (C=N–C) groups is 1. The largest absolute Gasteiger partial charge is 0.507 e. The van der Waals surface area contributed by atoms with E-state index in [1.165, 1.54) is 23.9 Å². The van der Waals surface area contributed by atoms with E-state index in [1.807, 2.05) is 30.3 Å². The van der Waals surface area contributed by atoms with Crippen molar-refractivity contribution in [3.05, 3.63) is 86.0 Å². The molecule has 0 amide bonds. The van der Waals surface area contributed by atoms with E-state index < -0.39 is 4.92 Å². The van der Waals surface area contributed by atoms with Gasteiger partial charge in [0.05, 0.1) is 14.2 Å². The van der Waals surface area contributed by atoms with Crippen LogP contribution in [0.25, 0.3) is 0 Å². The van der Waals surface area contributed by atoms with Crippen LogP contribution in [-0.2, 0) is 0 Å². The van der Waals surface area contributed by atoms with Crippen molar-refractivity contribution in [1.82, 2.24) is 0 Å². The van der Waals surface area contributed by atoms with Crippen molar-refractivity contribution in [2.75, 3.05) is 0 Å². The Morgan fingerprint density at radius 1 is 1.00 bits per heavy atom. The summed E-state index contributed by atoms with van der Waals surface area (Å²) in [6.45, 7) is 0. The Balaban J connectivity index is 1.67. The van der Waals surface area contributed by atoms with E-state index in [-0.39, 0.29) is 11.4 Å². The molecule has 1 N–H and O–H groups in total. The first-order chi connectivity index (χ1) is 12.5. The molecule has 0 radical (unpaired) electrons. The molecule has 130 valence electrons. The second-order valence-corrected chi connectivity index (χ2v) is 7.63. The maximum atomic E-state index is 10.7. The van der Waals surface area contributed by atoms with Gasteiger partial charge < -0.3 is 5.11 Å². The molecule has 0 atom stereocenters. The number of phenols is 1. The molecule has 3 aromatic rings. The van der Waals surface area contributed by atoms with Crippen LogP contribution in [-0.4, -0.2) is 16.2 Å². The normalized spacial score (nSPS) is 11.0. The van der Waals surface area contributed by atoms with Gasteiger partial charge in [0.1, 0.15) is 5.75 Å². The number of nitro benzene ring substituents is 1. The van der Waals surface area contributed by atoms with Gasteiger partial charge in [-0.25, -0.2) is 0 Å². The maximum absolute atomic E-state index is 10.7. The van der Waals surface area contributed by atoms with Crippen molar-refractivity contribution in [2.24, 2.45) is 4.99 Å². The summed E-state index contributed by atoms with van der Waals surface area (Å²) in [6, 6.07) is 19.5. The van der Waals surface area contributed by atoms with Crippen molar-refractivity contribution in [3.8, 4) is 5.75 Å². The number of phenolic OH excluding ortho intramolecular Hbond substituents is 1. The van der Waals surface area contributed by atoms with Gasteiger partial charge in [-0.3, -0.25) is 15.1 Å². The zero-order valence-electron chi connectivity index (χ0n) is 13.4. The fourth-order valence-electron chi connectivity index (χ4n) is 2.12. The number of hydrogen-bond acceptors (Lipinski definition) is 5. The number of halogens is 1. The Morgan fingerprint density at radius 3 is 2.19 bits per heavy atom. The van der Waals surface area contributed by atoms with Gasteiger partial charge in [0, 0.05) is 28.1 Å². The molecule has 26 heavy (non-hydrogen) atoms. The Labute approximate surface area is 168 Å². The molecule has 0 unspecified atom stereocenters. The average molecular weight is 476 g/mol. The standard InChI is InChI=1S/C19H13IN2O3S/c20-18-11-13(1-10-19(18)23)12-21-14-2-6-16(7-3-14)26-17-8-4-15(5-9-17)22(24)25/h1-12,23H. The number of non-ortho nitro benzene ring substituents is 1. The zero-order chi connectivity index (χ0) is 18.5. The molecule has 0 aromatic heterocycles. The third-order valence-corrected chi connectivity index (χ3v) is 5.33. The highest BCUT2D eigenvalue weighted by Gasteiger charge is 2.05. The smallest absolute Gasteiger partial charge is 0.269 e. The van der Waals surface area contributed by atoms with Crippen LogP contribution in [0.4, 0.5) is 11.4 Å². The molecule has 0 spiro atoms. The monoisotopic (exact) mass is 476 g/mol. The highest BCUT2D eigenvalue weighted by Crippen LogP contribution is 2.30. The second-order valence-electron chi connectivity index (χ2n) is 5.32. The topological polar surface area (TPSA) is 75.7 Å². The molecule has 0 saturated heterocycles. The van der Waals surface area contributed by atoms with Crippen molar-refractivity contribution in [1.29, 1.82) is 0 Å². The highest BCUT2D eigenvalue weighted by molar-refractivity contribution is 14.1. The SMILES string of the molecule is O=[N+]([O-])c1ccc(Sc2ccc(N=Cc3ccc(O)c(I)c3)cc2)cc1. The van der Waals surface area contributed by atoms with E-state index in [0.29, 0.717) is 0 Å². The first kappa shape index (κ1) is 18.4. The minimum absolute atomic E-state index is 0.0860. The molecular weight excluding hydrogens is 463 g/mol. The third kappa shape index (κ3) is 4.83. The lowest BCUT2D eigenvalue weighted by atomic mass is 10.2. The summed E-state index contributed by atoms with van der Waals surface area (Å²) in [5.41, 5.74) is 1.82. The van der Waals surface area contributed by atoms with Gasteiger partial charge in [-0.2, -0.15) is 0 Å². The van der Waals surface area contributed by atoms with Crippen LogP contribution in [0.2, 0.25) is 0 Å². The van der Waals surface area contributed by atoms with Crippen LogP contribution in [0.1, 0.15) is 5.56 Å². The van der Waals surface area contributed by atoms with Crippen LogP contribution >= 0.6 is 34.4 Å². The molecule has 0 aliphatic heterocycles. The molecule has 0 bridgehead atoms. The number of benzene rings is 3. The van der Waals surface area contributed by atoms with Crippen molar-refractivity contribution in [2.45, 2.75) is 9.79 Å². The van der Waals surface area contributed by atoms with Crippen LogP contribution in [0.3, 0.4) is 0 Å². The first-order valence-electron chi connectivity index (χ1n) is 7.56. The summed E-state index contributed by atoms with van der Waals surface area (Å²) in [5, 5.41) is 20.2. The Hall–Kier alpha value is -2.39. The molecule has 7 heteroatoms. The molecule has 0 fully saturated rings. The third-order valence-electron chi connectivity index (χ3n) is 3.45. The van der Waals surface area contributed by atoms with E-state index >= 15 is 0 Å². The number of rotatable bonds is 5. The zero-order valence-corrected chi connectivity index (χ0v) is 16.3. The van der Waals surface area contributed by atoms with Crippen LogP contribution in [0.5, 0.6) is 5.75 Å². The van der Waals surface area contributed by atoms with E-state index in [2.05, 4.69) is 27.6 Å². The summed E-state index contributed by atoms with van der Waals surface area (Å²) in [7, 11) is 0. The summed E-state index contributed by atoms with van der Waals surface area (Å²) in [6.07, 6.45) is 1.75. The summed E-state index contributed by atoms with van der Waals surface area (Å²) in [4.78, 5) is 16.7. The van der Waals surface area contributed by atoms with Gasteiger partial charge in [0.2, 0.25) is 0 Å². The van der Waals surface area contributed by atoms with Gasteiger partial charge in [0.15, 0.2) is 0 Å². The highest BCUT2D eigenvalue weighted by atomic mass is 127. The van der Waals surface area contributed by atoms with E-state index in [4.69, 9.17) is 0 Å². The van der Waals surface area contributed by atoms with Gasteiger partial charge in [-0.15, -0.1) is 0 Å². The van der Waals surface area contributed by atoms with Crippen LogP contribution in [0, 0.1) is 13.7 Å². The average Bonchev–Trinajstić information content (AvgIpc) is 2.64. The predicted molar refractivity (Wildman–Crippen MR) is 112 cm³/mol. The summed E-state index contributed by atoms with van der Waals surface area (Å²) < 4.78 is 0.779. The Morgan fingerprint density at radius 2 is 1.62 bits per heavy atom. The van der Waals surface area contributed by atoms with E-state index in [0.717, 1.165) is 24.6 Å². The fourth-order valence-corrected chi connectivity index (χ4v) is 3.48.